The van der Waals surface area contributed by atoms with Crippen LogP contribution in [0.25, 0.3) is 0 Å². The van der Waals surface area contributed by atoms with Gasteiger partial charge >= 0.3 is 0 Å². The zero-order chi connectivity index (χ0) is 18.1. The van der Waals surface area contributed by atoms with Gasteiger partial charge in [0.05, 0.1) is 36.4 Å². The lowest BCUT2D eigenvalue weighted by Crippen LogP contribution is -2.27. The lowest BCUT2D eigenvalue weighted by Gasteiger charge is -2.21. The largest absolute Gasteiger partial charge is 0.545 e. The number of carboxylic acid groups (broad SMARTS) is 1. The molecular formula is C16H13N2O7-. The number of nitro groups is 1. The predicted octanol–water partition coefficient (Wildman–Crippen LogP) is 1.48. The molecule has 0 amide bonds. The monoisotopic (exact) mass is 345 g/mol. The van der Waals surface area contributed by atoms with Gasteiger partial charge in [-0.2, -0.15) is 0 Å². The Morgan fingerprint density at radius 2 is 2.00 bits per heavy atom. The summed E-state index contributed by atoms with van der Waals surface area (Å²) in [5, 5.41) is 25.4. The Bertz CT molecular complexity index is 866. The zero-order valence-corrected chi connectivity index (χ0v) is 13.3. The van der Waals surface area contributed by atoms with Gasteiger partial charge in [-0.25, -0.2) is 0 Å². The number of methoxy groups -OCH3 is 2. The molecule has 0 spiro atoms. The van der Waals surface area contributed by atoms with Crippen LogP contribution in [0.2, 0.25) is 0 Å². The molecule has 1 N–H and O–H groups in total. The second-order valence-corrected chi connectivity index (χ2v) is 5.13. The van der Waals surface area contributed by atoms with E-state index >= 15 is 0 Å². The molecule has 0 saturated heterocycles. The second-order valence-electron chi connectivity index (χ2n) is 5.13. The summed E-state index contributed by atoms with van der Waals surface area (Å²) in [6.45, 7) is 0. The first kappa shape index (κ1) is 16.4. The minimum Gasteiger partial charge on any atom is -0.545 e. The quantitative estimate of drug-likeness (QED) is 0.638. The SMILES string of the molecule is COc1ccc([C@@H]2Nc3cc([N+](=O)[O-])ccc3O2)c(C(=O)[O-])c1OC. The fraction of sp³-hybridized carbons (Fsp3) is 0.188. The Morgan fingerprint density at radius 1 is 1.24 bits per heavy atom. The lowest BCUT2D eigenvalue weighted by atomic mass is 10.0. The third kappa shape index (κ3) is 2.75. The third-order valence-corrected chi connectivity index (χ3v) is 3.77. The van der Waals surface area contributed by atoms with E-state index in [4.69, 9.17) is 14.2 Å². The number of carboxylic acids is 1. The first-order valence-corrected chi connectivity index (χ1v) is 7.14. The van der Waals surface area contributed by atoms with E-state index < -0.39 is 17.1 Å². The summed E-state index contributed by atoms with van der Waals surface area (Å²) in [6.07, 6.45) is -0.871. The van der Waals surface area contributed by atoms with Gasteiger partial charge in [0.2, 0.25) is 0 Å². The van der Waals surface area contributed by atoms with Crippen molar-refractivity contribution in [1.29, 1.82) is 0 Å². The summed E-state index contributed by atoms with van der Waals surface area (Å²) in [7, 11) is 2.70. The number of fused-ring (bicyclic) bond motifs is 1. The van der Waals surface area contributed by atoms with E-state index in [0.29, 0.717) is 11.4 Å². The van der Waals surface area contributed by atoms with Crippen LogP contribution in [0.15, 0.2) is 30.3 Å². The molecule has 2 aromatic carbocycles. The lowest BCUT2D eigenvalue weighted by molar-refractivity contribution is -0.384. The number of anilines is 1. The van der Waals surface area contributed by atoms with E-state index in [0.717, 1.165) is 0 Å². The number of hydrogen-bond acceptors (Lipinski definition) is 8. The molecule has 9 nitrogen and oxygen atoms in total. The minimum absolute atomic E-state index is 0.00679. The van der Waals surface area contributed by atoms with Gasteiger partial charge in [-0.3, -0.25) is 10.1 Å². The van der Waals surface area contributed by atoms with Gasteiger partial charge in [-0.1, -0.05) is 0 Å². The predicted molar refractivity (Wildman–Crippen MR) is 84.0 cm³/mol. The van der Waals surface area contributed by atoms with Crippen molar-refractivity contribution in [3.63, 3.8) is 0 Å². The molecule has 1 heterocycles. The van der Waals surface area contributed by atoms with Gasteiger partial charge in [0.1, 0.15) is 5.75 Å². The van der Waals surface area contributed by atoms with Crippen molar-refractivity contribution in [1.82, 2.24) is 0 Å². The molecule has 0 unspecified atom stereocenters. The normalized spacial score (nSPS) is 14.9. The van der Waals surface area contributed by atoms with Crippen LogP contribution in [0.4, 0.5) is 11.4 Å². The Labute approximate surface area is 141 Å². The fourth-order valence-corrected chi connectivity index (χ4v) is 2.66. The topological polar surface area (TPSA) is 123 Å². The molecule has 1 aliphatic heterocycles. The van der Waals surface area contributed by atoms with Crippen LogP contribution in [-0.2, 0) is 0 Å². The van der Waals surface area contributed by atoms with Crippen LogP contribution >= 0.6 is 0 Å². The molecule has 0 saturated carbocycles. The van der Waals surface area contributed by atoms with Crippen molar-refractivity contribution >= 4 is 17.3 Å². The molecule has 0 radical (unpaired) electrons. The standard InChI is InChI=1S/C16H14N2O7/c1-23-12-6-4-9(13(16(19)20)14(12)24-2)15-17-10-7-8(18(21)22)3-5-11(10)25-15/h3-7,15,17H,1-2H3,(H,19,20)/p-1/t15-/m1/s1. The van der Waals surface area contributed by atoms with Crippen LogP contribution in [-0.4, -0.2) is 25.1 Å². The van der Waals surface area contributed by atoms with Crippen LogP contribution < -0.4 is 24.6 Å². The number of nitro benzene ring substituents is 1. The molecule has 1 atom stereocenters. The summed E-state index contributed by atoms with van der Waals surface area (Å²) >= 11 is 0. The maximum absolute atomic E-state index is 11.6. The molecule has 9 heteroatoms. The van der Waals surface area contributed by atoms with Gasteiger partial charge in [0.15, 0.2) is 17.7 Å². The minimum atomic E-state index is -1.46. The third-order valence-electron chi connectivity index (χ3n) is 3.77. The number of benzene rings is 2. The van der Waals surface area contributed by atoms with E-state index in [2.05, 4.69) is 5.32 Å². The van der Waals surface area contributed by atoms with Crippen LogP contribution in [0.5, 0.6) is 17.2 Å². The van der Waals surface area contributed by atoms with Crippen molar-refractivity contribution in [3.05, 3.63) is 51.6 Å². The van der Waals surface area contributed by atoms with Gasteiger partial charge in [0, 0.05) is 17.7 Å². The van der Waals surface area contributed by atoms with Gasteiger partial charge in [0.25, 0.3) is 5.69 Å². The number of rotatable bonds is 5. The maximum Gasteiger partial charge on any atom is 0.271 e. The van der Waals surface area contributed by atoms with Gasteiger partial charge in [-0.05, 0) is 18.2 Å². The first-order valence-electron chi connectivity index (χ1n) is 7.14. The van der Waals surface area contributed by atoms with E-state index in [1.807, 2.05) is 0 Å². The van der Waals surface area contributed by atoms with Crippen molar-refractivity contribution < 1.29 is 29.0 Å². The Morgan fingerprint density at radius 3 is 2.60 bits per heavy atom. The smallest absolute Gasteiger partial charge is 0.271 e. The highest BCUT2D eigenvalue weighted by molar-refractivity contribution is 5.93. The maximum atomic E-state index is 11.6. The number of nitrogens with one attached hydrogen (secondary N) is 1. The van der Waals surface area contributed by atoms with Crippen LogP contribution in [0.1, 0.15) is 22.1 Å². The molecule has 130 valence electrons. The number of nitrogens with zero attached hydrogens (tertiary/aromatic N) is 1. The summed E-state index contributed by atoms with van der Waals surface area (Å²) in [5.74, 6) is -0.850. The summed E-state index contributed by atoms with van der Waals surface area (Å²) in [5.41, 5.74) is 0.305. The Hall–Kier alpha value is -3.49. The summed E-state index contributed by atoms with van der Waals surface area (Å²) in [4.78, 5) is 22.0. The Kier molecular flexibility index (Phi) is 4.05. The first-order chi connectivity index (χ1) is 12.0. The highest BCUT2D eigenvalue weighted by Gasteiger charge is 2.29. The van der Waals surface area contributed by atoms with E-state index in [1.54, 1.807) is 0 Å². The van der Waals surface area contributed by atoms with Gasteiger partial charge < -0.3 is 29.4 Å². The summed E-state index contributed by atoms with van der Waals surface area (Å²) < 4.78 is 15.9. The van der Waals surface area contributed by atoms with Crippen LogP contribution in [0, 0.1) is 10.1 Å². The summed E-state index contributed by atoms with van der Waals surface area (Å²) in [6, 6.07) is 7.10. The van der Waals surface area contributed by atoms with E-state index in [1.165, 1.54) is 44.6 Å². The van der Waals surface area contributed by atoms with Crippen molar-refractivity contribution in [2.24, 2.45) is 0 Å². The zero-order valence-electron chi connectivity index (χ0n) is 13.3. The number of ether oxygens (including phenoxy) is 3. The number of aromatic carboxylic acids is 1. The fourth-order valence-electron chi connectivity index (χ4n) is 2.66. The molecule has 0 aromatic heterocycles. The average molecular weight is 345 g/mol. The molecular weight excluding hydrogens is 332 g/mol. The average Bonchev–Trinajstić information content (AvgIpc) is 3.02. The number of carbonyl (C=O) groups is 1. The highest BCUT2D eigenvalue weighted by atomic mass is 16.6. The van der Waals surface area contributed by atoms with Crippen molar-refractivity contribution in [2.75, 3.05) is 19.5 Å². The molecule has 1 aliphatic rings. The second kappa shape index (κ2) is 6.19. The van der Waals surface area contributed by atoms with Crippen molar-refractivity contribution in [3.8, 4) is 17.2 Å². The molecule has 0 aliphatic carbocycles. The molecule has 0 fully saturated rings. The molecule has 25 heavy (non-hydrogen) atoms. The molecule has 0 bridgehead atoms. The highest BCUT2D eigenvalue weighted by Crippen LogP contribution is 2.43. The van der Waals surface area contributed by atoms with Crippen molar-refractivity contribution in [2.45, 2.75) is 6.23 Å². The van der Waals surface area contributed by atoms with Gasteiger partial charge in [-0.15, -0.1) is 0 Å². The van der Waals surface area contributed by atoms with E-state index in [9.17, 15) is 20.0 Å². The number of hydrogen-bond donors (Lipinski definition) is 1. The van der Waals surface area contributed by atoms with E-state index in [-0.39, 0.29) is 28.3 Å². The number of carbonyl (C=O) groups excluding carboxylic acids is 1. The van der Waals surface area contributed by atoms with Crippen LogP contribution in [0.3, 0.4) is 0 Å². The molecule has 2 aromatic rings. The number of non-ortho nitro benzene ring substituents is 1. The molecule has 3 rings (SSSR count). The Balaban J connectivity index is 2.03.